The van der Waals surface area contributed by atoms with E-state index in [2.05, 4.69) is 17.2 Å². The van der Waals surface area contributed by atoms with E-state index in [1.54, 1.807) is 6.26 Å². The van der Waals surface area contributed by atoms with Crippen molar-refractivity contribution in [3.8, 4) is 11.5 Å². The summed E-state index contributed by atoms with van der Waals surface area (Å²) in [4.78, 5) is 4.43. The summed E-state index contributed by atoms with van der Waals surface area (Å²) in [5.74, 6) is 0.577. The minimum Gasteiger partial charge on any atom is -0.444 e. The first-order chi connectivity index (χ1) is 8.70. The lowest BCUT2D eigenvalue weighted by molar-refractivity contribution is 0.570. The van der Waals surface area contributed by atoms with Gasteiger partial charge in [0.15, 0.2) is 0 Å². The Morgan fingerprint density at radius 1 is 1.39 bits per heavy atom. The van der Waals surface area contributed by atoms with Gasteiger partial charge in [0.1, 0.15) is 6.26 Å². The molecule has 4 heteroatoms. The summed E-state index contributed by atoms with van der Waals surface area (Å²) < 4.78 is 5.47. The lowest BCUT2D eigenvalue weighted by Crippen LogP contribution is -2.13. The molecule has 1 N–H and O–H groups in total. The van der Waals surface area contributed by atoms with Crippen LogP contribution in [-0.2, 0) is 6.54 Å². The maximum atomic E-state index is 6.18. The van der Waals surface area contributed by atoms with E-state index in [0.29, 0.717) is 10.9 Å². The van der Waals surface area contributed by atoms with Crippen LogP contribution in [0.4, 0.5) is 0 Å². The Labute approximate surface area is 112 Å². The van der Waals surface area contributed by atoms with E-state index >= 15 is 0 Å². The van der Waals surface area contributed by atoms with Crippen molar-refractivity contribution in [2.75, 3.05) is 6.54 Å². The third-order valence-corrected chi connectivity index (χ3v) is 2.95. The smallest absolute Gasteiger partial charge is 0.227 e. The van der Waals surface area contributed by atoms with Gasteiger partial charge in [-0.05, 0) is 37.6 Å². The highest BCUT2D eigenvalue weighted by molar-refractivity contribution is 6.33. The van der Waals surface area contributed by atoms with Gasteiger partial charge in [0, 0.05) is 6.54 Å². The zero-order valence-corrected chi connectivity index (χ0v) is 11.4. The van der Waals surface area contributed by atoms with Crippen molar-refractivity contribution < 1.29 is 4.42 Å². The third kappa shape index (κ3) is 3.12. The van der Waals surface area contributed by atoms with Gasteiger partial charge in [0.25, 0.3) is 0 Å². The molecule has 1 aromatic carbocycles. The Morgan fingerprint density at radius 3 is 2.94 bits per heavy atom. The molecule has 18 heavy (non-hydrogen) atoms. The fraction of sp³-hybridized carbons (Fsp3) is 0.357. The Kier molecular flexibility index (Phi) is 4.39. The SMILES string of the molecule is CCCNCc1coc(-c2ccc(C)cc2Cl)n1. The summed E-state index contributed by atoms with van der Waals surface area (Å²) in [5.41, 5.74) is 2.86. The first-order valence-electron chi connectivity index (χ1n) is 6.12. The first kappa shape index (κ1) is 13.1. The van der Waals surface area contributed by atoms with E-state index in [0.717, 1.165) is 36.3 Å². The first-order valence-corrected chi connectivity index (χ1v) is 6.50. The second kappa shape index (κ2) is 6.03. The quantitative estimate of drug-likeness (QED) is 0.835. The standard InChI is InChI=1S/C14H17ClN2O/c1-3-6-16-8-11-9-18-14(17-11)12-5-4-10(2)7-13(12)15/h4-5,7,9,16H,3,6,8H2,1-2H3. The van der Waals surface area contributed by atoms with Crippen LogP contribution in [0.15, 0.2) is 28.9 Å². The Morgan fingerprint density at radius 2 is 2.22 bits per heavy atom. The number of hydrogen-bond donors (Lipinski definition) is 1. The van der Waals surface area contributed by atoms with Crippen LogP contribution in [0.3, 0.4) is 0 Å². The molecule has 2 aromatic rings. The molecule has 0 bridgehead atoms. The molecule has 1 heterocycles. The van der Waals surface area contributed by atoms with Gasteiger partial charge in [0.2, 0.25) is 5.89 Å². The molecule has 0 saturated carbocycles. The normalized spacial score (nSPS) is 10.8. The van der Waals surface area contributed by atoms with Crippen LogP contribution in [0.2, 0.25) is 5.02 Å². The summed E-state index contributed by atoms with van der Waals surface area (Å²) in [6.45, 7) is 5.84. The predicted octanol–water partition coefficient (Wildman–Crippen LogP) is 3.80. The van der Waals surface area contributed by atoms with Crippen LogP contribution in [0.5, 0.6) is 0 Å². The molecule has 0 saturated heterocycles. The highest BCUT2D eigenvalue weighted by atomic mass is 35.5. The molecule has 0 amide bonds. The fourth-order valence-corrected chi connectivity index (χ4v) is 2.01. The Bertz CT molecular complexity index is 522. The maximum Gasteiger partial charge on any atom is 0.227 e. The van der Waals surface area contributed by atoms with Crippen molar-refractivity contribution in [1.29, 1.82) is 0 Å². The second-order valence-electron chi connectivity index (χ2n) is 4.30. The van der Waals surface area contributed by atoms with Gasteiger partial charge in [-0.1, -0.05) is 24.6 Å². The highest BCUT2D eigenvalue weighted by Gasteiger charge is 2.10. The van der Waals surface area contributed by atoms with Gasteiger partial charge in [-0.3, -0.25) is 0 Å². The summed E-state index contributed by atoms with van der Waals surface area (Å²) in [6.07, 6.45) is 2.78. The maximum absolute atomic E-state index is 6.18. The molecule has 0 unspecified atom stereocenters. The minimum atomic E-state index is 0.577. The molecule has 0 fully saturated rings. The molecule has 0 spiro atoms. The second-order valence-corrected chi connectivity index (χ2v) is 4.71. The van der Waals surface area contributed by atoms with E-state index in [-0.39, 0.29) is 0 Å². The number of benzene rings is 1. The predicted molar refractivity (Wildman–Crippen MR) is 73.7 cm³/mol. The summed E-state index contributed by atoms with van der Waals surface area (Å²) in [7, 11) is 0. The van der Waals surface area contributed by atoms with Crippen LogP contribution in [-0.4, -0.2) is 11.5 Å². The van der Waals surface area contributed by atoms with Gasteiger partial charge in [0.05, 0.1) is 16.3 Å². The van der Waals surface area contributed by atoms with Gasteiger partial charge >= 0.3 is 0 Å². The molecule has 0 aliphatic carbocycles. The molecule has 0 aliphatic heterocycles. The molecule has 0 radical (unpaired) electrons. The number of rotatable bonds is 5. The Hall–Kier alpha value is -1.32. The van der Waals surface area contributed by atoms with Crippen LogP contribution in [0, 0.1) is 6.92 Å². The molecular formula is C14H17ClN2O. The zero-order chi connectivity index (χ0) is 13.0. The lowest BCUT2D eigenvalue weighted by Gasteiger charge is -2.00. The number of hydrogen-bond acceptors (Lipinski definition) is 3. The topological polar surface area (TPSA) is 38.1 Å². The van der Waals surface area contributed by atoms with Crippen molar-refractivity contribution in [2.24, 2.45) is 0 Å². The number of aromatic nitrogens is 1. The minimum absolute atomic E-state index is 0.577. The number of nitrogens with zero attached hydrogens (tertiary/aromatic N) is 1. The summed E-state index contributed by atoms with van der Waals surface area (Å²) >= 11 is 6.18. The molecule has 0 atom stereocenters. The van der Waals surface area contributed by atoms with E-state index in [1.807, 2.05) is 25.1 Å². The molecule has 1 aromatic heterocycles. The number of oxazole rings is 1. The van der Waals surface area contributed by atoms with E-state index in [1.165, 1.54) is 0 Å². The van der Waals surface area contributed by atoms with Crippen molar-refractivity contribution in [1.82, 2.24) is 10.3 Å². The van der Waals surface area contributed by atoms with Crippen molar-refractivity contribution in [3.05, 3.63) is 40.7 Å². The highest BCUT2D eigenvalue weighted by Crippen LogP contribution is 2.27. The van der Waals surface area contributed by atoms with Crippen molar-refractivity contribution >= 4 is 11.6 Å². The fourth-order valence-electron chi connectivity index (χ4n) is 1.70. The number of nitrogens with one attached hydrogen (secondary N) is 1. The van der Waals surface area contributed by atoms with Crippen LogP contribution < -0.4 is 5.32 Å². The molecule has 0 aliphatic rings. The lowest BCUT2D eigenvalue weighted by atomic mass is 10.1. The molecular weight excluding hydrogens is 248 g/mol. The number of aryl methyl sites for hydroxylation is 1. The van der Waals surface area contributed by atoms with Gasteiger partial charge in [-0.25, -0.2) is 4.98 Å². The van der Waals surface area contributed by atoms with Crippen LogP contribution >= 0.6 is 11.6 Å². The van der Waals surface area contributed by atoms with Crippen LogP contribution in [0.25, 0.3) is 11.5 Å². The van der Waals surface area contributed by atoms with E-state index in [9.17, 15) is 0 Å². The third-order valence-electron chi connectivity index (χ3n) is 2.64. The van der Waals surface area contributed by atoms with Crippen molar-refractivity contribution in [2.45, 2.75) is 26.8 Å². The average Bonchev–Trinajstić information content (AvgIpc) is 2.78. The van der Waals surface area contributed by atoms with Gasteiger partial charge < -0.3 is 9.73 Å². The monoisotopic (exact) mass is 264 g/mol. The van der Waals surface area contributed by atoms with Gasteiger partial charge in [-0.15, -0.1) is 0 Å². The van der Waals surface area contributed by atoms with Gasteiger partial charge in [-0.2, -0.15) is 0 Å². The van der Waals surface area contributed by atoms with Crippen LogP contribution in [0.1, 0.15) is 24.6 Å². The van der Waals surface area contributed by atoms with Crippen molar-refractivity contribution in [3.63, 3.8) is 0 Å². The van der Waals surface area contributed by atoms with E-state index < -0.39 is 0 Å². The summed E-state index contributed by atoms with van der Waals surface area (Å²) in [5, 5.41) is 3.96. The zero-order valence-electron chi connectivity index (χ0n) is 10.7. The largest absolute Gasteiger partial charge is 0.444 e. The Balaban J connectivity index is 2.13. The van der Waals surface area contributed by atoms with E-state index in [4.69, 9.17) is 16.0 Å². The average molecular weight is 265 g/mol. The molecule has 96 valence electrons. The number of halogens is 1. The molecule has 2 rings (SSSR count). The molecule has 3 nitrogen and oxygen atoms in total. The summed E-state index contributed by atoms with van der Waals surface area (Å²) in [6, 6.07) is 5.85.